The Bertz CT molecular complexity index is 803. The van der Waals surface area contributed by atoms with Gasteiger partial charge in [-0.2, -0.15) is 0 Å². The van der Waals surface area contributed by atoms with E-state index in [9.17, 15) is 9.59 Å². The number of aromatic nitrogens is 2. The molecule has 0 bridgehead atoms. The van der Waals surface area contributed by atoms with Crippen molar-refractivity contribution in [3.63, 3.8) is 0 Å². The van der Waals surface area contributed by atoms with Gasteiger partial charge < -0.3 is 19.7 Å². The predicted octanol–water partition coefficient (Wildman–Crippen LogP) is 1.60. The molecular weight excluding hydrogens is 334 g/mol. The first-order valence-electron chi connectivity index (χ1n) is 9.34. The summed E-state index contributed by atoms with van der Waals surface area (Å²) in [7, 11) is 0. The van der Waals surface area contributed by atoms with Crippen molar-refractivity contribution in [1.29, 1.82) is 0 Å². The van der Waals surface area contributed by atoms with E-state index in [1.807, 2.05) is 17.9 Å². The normalized spacial score (nSPS) is 15.7. The maximum atomic E-state index is 12.8. The average Bonchev–Trinajstić information content (AvgIpc) is 2.97. The van der Waals surface area contributed by atoms with E-state index in [0.717, 1.165) is 24.8 Å². The molecule has 0 unspecified atom stereocenters. The van der Waals surface area contributed by atoms with Crippen molar-refractivity contribution in [1.82, 2.24) is 14.5 Å². The van der Waals surface area contributed by atoms with Crippen molar-refractivity contribution in [3.05, 3.63) is 34.2 Å². The van der Waals surface area contributed by atoms with Crippen LogP contribution in [-0.4, -0.2) is 58.4 Å². The minimum atomic E-state index is -0.186. The van der Waals surface area contributed by atoms with Crippen molar-refractivity contribution in [2.45, 2.75) is 32.7 Å². The van der Waals surface area contributed by atoms with Crippen LogP contribution < -0.4 is 5.69 Å². The lowest BCUT2D eigenvalue weighted by Crippen LogP contribution is -2.38. The first-order chi connectivity index (χ1) is 12.6. The lowest BCUT2D eigenvalue weighted by Gasteiger charge is -2.31. The summed E-state index contributed by atoms with van der Waals surface area (Å²) in [6, 6.07) is 5.37. The third kappa shape index (κ3) is 3.99. The molecule has 0 aliphatic carbocycles. The topological polar surface area (TPSA) is 87.6 Å². The zero-order valence-corrected chi connectivity index (χ0v) is 15.2. The predicted molar refractivity (Wildman–Crippen MR) is 99.4 cm³/mol. The number of carbonyl (C=O) groups excluding carboxylic acids is 1. The van der Waals surface area contributed by atoms with Gasteiger partial charge in [0.15, 0.2) is 0 Å². The van der Waals surface area contributed by atoms with E-state index in [1.165, 1.54) is 0 Å². The highest BCUT2D eigenvalue weighted by molar-refractivity contribution is 5.97. The number of H-pyrrole nitrogens is 1. The Balaban J connectivity index is 1.73. The maximum Gasteiger partial charge on any atom is 0.326 e. The molecular formula is C19H27N3O4. The number of piperidine rings is 1. The Morgan fingerprint density at radius 2 is 2.12 bits per heavy atom. The molecule has 1 fully saturated rings. The third-order valence-electron chi connectivity index (χ3n) is 5.12. The zero-order chi connectivity index (χ0) is 18.5. The number of nitrogens with zero attached hydrogens (tertiary/aromatic N) is 2. The molecule has 1 amide bonds. The van der Waals surface area contributed by atoms with E-state index < -0.39 is 0 Å². The average molecular weight is 361 g/mol. The van der Waals surface area contributed by atoms with E-state index in [0.29, 0.717) is 49.8 Å². The highest BCUT2D eigenvalue weighted by atomic mass is 16.5. The molecule has 2 aromatic rings. The number of aliphatic hydroxyl groups excluding tert-OH is 1. The fourth-order valence-corrected chi connectivity index (χ4v) is 3.61. The van der Waals surface area contributed by atoms with Gasteiger partial charge in [-0.15, -0.1) is 0 Å². The number of rotatable bonds is 7. The van der Waals surface area contributed by atoms with Crippen LogP contribution >= 0.6 is 0 Å². The summed E-state index contributed by atoms with van der Waals surface area (Å²) in [5.41, 5.74) is 1.87. The minimum Gasteiger partial charge on any atom is -0.396 e. The van der Waals surface area contributed by atoms with Crippen LogP contribution in [0.5, 0.6) is 0 Å². The SMILES string of the molecule is CCOCCn1c(=O)[nH]c2cc(C(=O)N3CCC(CCO)CC3)ccc21. The summed E-state index contributed by atoms with van der Waals surface area (Å²) >= 11 is 0. The van der Waals surface area contributed by atoms with Crippen LogP contribution in [0.2, 0.25) is 0 Å². The van der Waals surface area contributed by atoms with Gasteiger partial charge in [0, 0.05) is 31.9 Å². The van der Waals surface area contributed by atoms with Crippen LogP contribution in [0.1, 0.15) is 36.5 Å². The molecule has 0 atom stereocenters. The van der Waals surface area contributed by atoms with Crippen LogP contribution in [0.25, 0.3) is 11.0 Å². The number of fused-ring (bicyclic) bond motifs is 1. The number of ether oxygens (including phenoxy) is 1. The van der Waals surface area contributed by atoms with Gasteiger partial charge >= 0.3 is 5.69 Å². The monoisotopic (exact) mass is 361 g/mol. The van der Waals surface area contributed by atoms with E-state index in [2.05, 4.69) is 4.98 Å². The summed E-state index contributed by atoms with van der Waals surface area (Å²) in [6.45, 7) is 5.14. The van der Waals surface area contributed by atoms with Crippen molar-refractivity contribution in [2.24, 2.45) is 5.92 Å². The first kappa shape index (κ1) is 18.7. The molecule has 2 heterocycles. The molecule has 7 nitrogen and oxygen atoms in total. The number of aromatic amines is 1. The highest BCUT2D eigenvalue weighted by Crippen LogP contribution is 2.22. The number of amides is 1. The zero-order valence-electron chi connectivity index (χ0n) is 15.2. The fourth-order valence-electron chi connectivity index (χ4n) is 3.61. The number of nitrogens with one attached hydrogen (secondary N) is 1. The molecule has 7 heteroatoms. The number of benzene rings is 1. The summed E-state index contributed by atoms with van der Waals surface area (Å²) in [4.78, 5) is 29.6. The minimum absolute atomic E-state index is 0.00253. The molecule has 0 spiro atoms. The summed E-state index contributed by atoms with van der Waals surface area (Å²) < 4.78 is 6.97. The number of likely N-dealkylation sites (tertiary alicyclic amines) is 1. The highest BCUT2D eigenvalue weighted by Gasteiger charge is 2.23. The third-order valence-corrected chi connectivity index (χ3v) is 5.12. The molecule has 142 valence electrons. The standard InChI is InChI=1S/C19H27N3O4/c1-2-26-12-10-22-17-4-3-15(13-16(17)20-19(22)25)18(24)21-8-5-14(6-9-21)7-11-23/h3-4,13-14,23H,2,5-12H2,1H3,(H,20,25). The van der Waals surface area contributed by atoms with Crippen LogP contribution in [0.15, 0.2) is 23.0 Å². The molecule has 26 heavy (non-hydrogen) atoms. The van der Waals surface area contributed by atoms with Gasteiger partial charge in [-0.25, -0.2) is 4.79 Å². The van der Waals surface area contributed by atoms with Crippen LogP contribution in [0.3, 0.4) is 0 Å². The molecule has 0 radical (unpaired) electrons. The molecule has 1 aromatic carbocycles. The smallest absolute Gasteiger partial charge is 0.326 e. The van der Waals surface area contributed by atoms with Crippen molar-refractivity contribution < 1.29 is 14.6 Å². The lowest BCUT2D eigenvalue weighted by molar-refractivity contribution is 0.0678. The summed E-state index contributed by atoms with van der Waals surface area (Å²) in [5, 5.41) is 9.05. The number of imidazole rings is 1. The molecule has 1 aliphatic heterocycles. The second kappa shape index (κ2) is 8.51. The van der Waals surface area contributed by atoms with E-state index in [4.69, 9.17) is 9.84 Å². The second-order valence-corrected chi connectivity index (χ2v) is 6.76. The van der Waals surface area contributed by atoms with Gasteiger partial charge in [0.2, 0.25) is 0 Å². The van der Waals surface area contributed by atoms with Gasteiger partial charge in [0.05, 0.1) is 24.2 Å². The van der Waals surface area contributed by atoms with Crippen molar-refractivity contribution >= 4 is 16.9 Å². The number of aliphatic hydroxyl groups is 1. The molecule has 3 rings (SSSR count). The Morgan fingerprint density at radius 3 is 2.81 bits per heavy atom. The van der Waals surface area contributed by atoms with E-state index in [-0.39, 0.29) is 18.2 Å². The summed E-state index contributed by atoms with van der Waals surface area (Å²) in [6.07, 6.45) is 2.67. The Labute approximate surface area is 152 Å². The van der Waals surface area contributed by atoms with Gasteiger partial charge in [0.25, 0.3) is 5.91 Å². The lowest BCUT2D eigenvalue weighted by atomic mass is 9.93. The van der Waals surface area contributed by atoms with Crippen molar-refractivity contribution in [2.75, 3.05) is 32.9 Å². The van der Waals surface area contributed by atoms with Gasteiger partial charge in [0.1, 0.15) is 0 Å². The second-order valence-electron chi connectivity index (χ2n) is 6.76. The first-order valence-corrected chi connectivity index (χ1v) is 9.34. The van der Waals surface area contributed by atoms with Gasteiger partial charge in [-0.05, 0) is 50.3 Å². The van der Waals surface area contributed by atoms with Crippen molar-refractivity contribution in [3.8, 4) is 0 Å². The molecule has 1 aliphatic rings. The molecule has 1 saturated heterocycles. The quantitative estimate of drug-likeness (QED) is 0.734. The number of hydrogen-bond donors (Lipinski definition) is 2. The number of carbonyl (C=O) groups is 1. The van der Waals surface area contributed by atoms with Crippen LogP contribution in [0.4, 0.5) is 0 Å². The van der Waals surface area contributed by atoms with E-state index in [1.54, 1.807) is 16.7 Å². The fraction of sp³-hybridized carbons (Fsp3) is 0.579. The summed E-state index contributed by atoms with van der Waals surface area (Å²) in [5.74, 6) is 0.500. The molecule has 1 aromatic heterocycles. The van der Waals surface area contributed by atoms with E-state index >= 15 is 0 Å². The molecule has 2 N–H and O–H groups in total. The largest absolute Gasteiger partial charge is 0.396 e. The number of hydrogen-bond acceptors (Lipinski definition) is 4. The van der Waals surface area contributed by atoms with Gasteiger partial charge in [-0.3, -0.25) is 9.36 Å². The van der Waals surface area contributed by atoms with Gasteiger partial charge in [-0.1, -0.05) is 0 Å². The Morgan fingerprint density at radius 1 is 1.35 bits per heavy atom. The van der Waals surface area contributed by atoms with Crippen LogP contribution in [-0.2, 0) is 11.3 Å². The Kier molecular flexibility index (Phi) is 6.11. The molecule has 0 saturated carbocycles. The Hall–Kier alpha value is -2.12. The van der Waals surface area contributed by atoms with Crippen LogP contribution in [0, 0.1) is 5.92 Å². The maximum absolute atomic E-state index is 12.8.